The average Bonchev–Trinajstić information content (AvgIpc) is 2.72. The van der Waals surface area contributed by atoms with Crippen molar-refractivity contribution in [2.75, 3.05) is 30.3 Å². The summed E-state index contributed by atoms with van der Waals surface area (Å²) in [7, 11) is 0. The Labute approximate surface area is 110 Å². The molecule has 0 aliphatic carbocycles. The van der Waals surface area contributed by atoms with Gasteiger partial charge in [-0.15, -0.1) is 0 Å². The maximum Gasteiger partial charge on any atom is 0.265 e. The van der Waals surface area contributed by atoms with Crippen LogP contribution in [0.5, 0.6) is 0 Å². The zero-order chi connectivity index (χ0) is 13.1. The van der Waals surface area contributed by atoms with Gasteiger partial charge in [0.05, 0.1) is 0 Å². The number of nitrogens with zero attached hydrogens (tertiary/aromatic N) is 2. The molecule has 1 aromatic heterocycles. The minimum atomic E-state index is -0.153. The fourth-order valence-electron chi connectivity index (χ4n) is 2.04. The Hall–Kier alpha value is -1.34. The van der Waals surface area contributed by atoms with E-state index >= 15 is 0 Å². The number of aromatic nitrogens is 1. The van der Waals surface area contributed by atoms with E-state index in [1.807, 2.05) is 6.92 Å². The highest BCUT2D eigenvalue weighted by Crippen LogP contribution is 2.29. The molecule has 1 fully saturated rings. The second-order valence-corrected chi connectivity index (χ2v) is 5.40. The lowest BCUT2D eigenvalue weighted by molar-refractivity contribution is 0.0960. The number of carbonyl (C=O) groups is 1. The fourth-order valence-corrected chi connectivity index (χ4v) is 2.98. The van der Waals surface area contributed by atoms with Crippen molar-refractivity contribution in [3.8, 4) is 0 Å². The number of thiazole rings is 1. The number of piperidine rings is 1. The largest absolute Gasteiger partial charge is 0.382 e. The first-order chi connectivity index (χ1) is 8.61. The summed E-state index contributed by atoms with van der Waals surface area (Å²) in [4.78, 5) is 18.6. The van der Waals surface area contributed by atoms with Crippen LogP contribution in [0, 0.1) is 0 Å². The van der Waals surface area contributed by atoms with Crippen LogP contribution in [-0.4, -0.2) is 36.6 Å². The molecule has 0 spiro atoms. The van der Waals surface area contributed by atoms with E-state index in [-0.39, 0.29) is 11.9 Å². The summed E-state index contributed by atoms with van der Waals surface area (Å²) in [5, 5.41) is 3.53. The van der Waals surface area contributed by atoms with Crippen LogP contribution in [0.25, 0.3) is 0 Å². The van der Waals surface area contributed by atoms with Gasteiger partial charge in [0.25, 0.3) is 5.91 Å². The van der Waals surface area contributed by atoms with Gasteiger partial charge < -0.3 is 21.7 Å². The van der Waals surface area contributed by atoms with Crippen molar-refractivity contribution >= 4 is 28.2 Å². The van der Waals surface area contributed by atoms with E-state index in [0.717, 1.165) is 31.1 Å². The quantitative estimate of drug-likeness (QED) is 0.738. The number of anilines is 2. The molecule has 1 amide bonds. The third kappa shape index (κ3) is 2.73. The third-order valence-electron chi connectivity index (χ3n) is 2.91. The molecule has 2 rings (SSSR count). The van der Waals surface area contributed by atoms with E-state index in [1.165, 1.54) is 11.3 Å². The van der Waals surface area contributed by atoms with Crippen molar-refractivity contribution in [1.29, 1.82) is 0 Å². The first-order valence-corrected chi connectivity index (χ1v) is 6.98. The first-order valence-electron chi connectivity index (χ1n) is 6.16. The van der Waals surface area contributed by atoms with Crippen LogP contribution in [0.2, 0.25) is 0 Å². The predicted molar refractivity (Wildman–Crippen MR) is 74.0 cm³/mol. The topological polar surface area (TPSA) is 97.3 Å². The second kappa shape index (κ2) is 5.53. The Morgan fingerprint density at radius 1 is 1.67 bits per heavy atom. The summed E-state index contributed by atoms with van der Waals surface area (Å²) >= 11 is 1.34. The van der Waals surface area contributed by atoms with Crippen molar-refractivity contribution in [2.24, 2.45) is 5.73 Å². The van der Waals surface area contributed by atoms with Crippen molar-refractivity contribution in [3.05, 3.63) is 4.88 Å². The lowest BCUT2D eigenvalue weighted by atomic mass is 10.1. The molecule has 1 aromatic rings. The van der Waals surface area contributed by atoms with Gasteiger partial charge in [0.15, 0.2) is 5.13 Å². The molecule has 1 unspecified atom stereocenters. The van der Waals surface area contributed by atoms with Crippen molar-refractivity contribution in [3.63, 3.8) is 0 Å². The minimum absolute atomic E-state index is 0.153. The molecule has 0 aromatic carbocycles. The molecule has 1 aliphatic rings. The summed E-state index contributed by atoms with van der Waals surface area (Å²) in [6, 6.07) is 0.178. The van der Waals surface area contributed by atoms with Gasteiger partial charge in [-0.05, 0) is 19.8 Å². The van der Waals surface area contributed by atoms with Crippen LogP contribution in [0.4, 0.5) is 10.9 Å². The van der Waals surface area contributed by atoms with E-state index in [1.54, 1.807) is 0 Å². The van der Waals surface area contributed by atoms with Gasteiger partial charge in [0, 0.05) is 25.7 Å². The molecular formula is C11H19N5OS. The number of carbonyl (C=O) groups excluding carboxylic acids is 1. The molecular weight excluding hydrogens is 250 g/mol. The molecule has 0 saturated carbocycles. The summed E-state index contributed by atoms with van der Waals surface area (Å²) < 4.78 is 0. The SMILES string of the molecule is CCNC(=O)c1sc(N2CCCC(N)C2)nc1N. The van der Waals surface area contributed by atoms with Gasteiger partial charge in [0.1, 0.15) is 10.7 Å². The molecule has 1 aliphatic heterocycles. The number of nitrogen functional groups attached to an aromatic ring is 1. The average molecular weight is 269 g/mol. The van der Waals surface area contributed by atoms with E-state index in [2.05, 4.69) is 15.2 Å². The van der Waals surface area contributed by atoms with Gasteiger partial charge >= 0.3 is 0 Å². The lowest BCUT2D eigenvalue weighted by Crippen LogP contribution is -2.42. The highest BCUT2D eigenvalue weighted by Gasteiger charge is 2.22. The van der Waals surface area contributed by atoms with Crippen LogP contribution in [0.3, 0.4) is 0 Å². The summed E-state index contributed by atoms with van der Waals surface area (Å²) in [5.74, 6) is 0.153. The summed E-state index contributed by atoms with van der Waals surface area (Å²) in [6.45, 7) is 4.16. The Morgan fingerprint density at radius 2 is 2.44 bits per heavy atom. The van der Waals surface area contributed by atoms with E-state index < -0.39 is 0 Å². The second-order valence-electron chi connectivity index (χ2n) is 4.42. The van der Waals surface area contributed by atoms with Crippen LogP contribution in [-0.2, 0) is 0 Å². The van der Waals surface area contributed by atoms with E-state index in [4.69, 9.17) is 11.5 Å². The molecule has 0 radical (unpaired) electrons. The van der Waals surface area contributed by atoms with Crippen molar-refractivity contribution in [1.82, 2.24) is 10.3 Å². The van der Waals surface area contributed by atoms with Crippen LogP contribution in [0.1, 0.15) is 29.4 Å². The molecule has 1 saturated heterocycles. The molecule has 1 atom stereocenters. The highest BCUT2D eigenvalue weighted by molar-refractivity contribution is 7.18. The van der Waals surface area contributed by atoms with Gasteiger partial charge in [-0.3, -0.25) is 4.79 Å². The predicted octanol–water partition coefficient (Wildman–Crippen LogP) is 0.403. The molecule has 7 heteroatoms. The Bertz CT molecular complexity index is 433. The highest BCUT2D eigenvalue weighted by atomic mass is 32.1. The normalized spacial score (nSPS) is 19.9. The van der Waals surface area contributed by atoms with Crippen LogP contribution >= 0.6 is 11.3 Å². The maximum atomic E-state index is 11.8. The zero-order valence-corrected chi connectivity index (χ0v) is 11.3. The molecule has 5 N–H and O–H groups in total. The van der Waals surface area contributed by atoms with Crippen LogP contribution in [0.15, 0.2) is 0 Å². The number of nitrogens with two attached hydrogens (primary N) is 2. The van der Waals surface area contributed by atoms with Gasteiger partial charge in [-0.2, -0.15) is 0 Å². The monoisotopic (exact) mass is 269 g/mol. The van der Waals surface area contributed by atoms with E-state index in [0.29, 0.717) is 17.2 Å². The zero-order valence-electron chi connectivity index (χ0n) is 10.5. The third-order valence-corrected chi connectivity index (χ3v) is 4.04. The minimum Gasteiger partial charge on any atom is -0.382 e. The van der Waals surface area contributed by atoms with Gasteiger partial charge in [-0.1, -0.05) is 11.3 Å². The summed E-state index contributed by atoms with van der Waals surface area (Å²) in [5.41, 5.74) is 11.7. The Morgan fingerprint density at radius 3 is 3.11 bits per heavy atom. The summed E-state index contributed by atoms with van der Waals surface area (Å²) in [6.07, 6.45) is 2.09. The van der Waals surface area contributed by atoms with Crippen LogP contribution < -0.4 is 21.7 Å². The molecule has 2 heterocycles. The van der Waals surface area contributed by atoms with Gasteiger partial charge in [-0.25, -0.2) is 4.98 Å². The Balaban J connectivity index is 2.15. The standard InChI is InChI=1S/C11H19N5OS/c1-2-14-10(17)8-9(13)15-11(18-8)16-5-3-4-7(12)6-16/h7H,2-6,12-13H2,1H3,(H,14,17). The number of hydrogen-bond acceptors (Lipinski definition) is 6. The number of hydrogen-bond donors (Lipinski definition) is 3. The fraction of sp³-hybridized carbons (Fsp3) is 0.636. The molecule has 100 valence electrons. The molecule has 18 heavy (non-hydrogen) atoms. The molecule has 6 nitrogen and oxygen atoms in total. The number of amides is 1. The lowest BCUT2D eigenvalue weighted by Gasteiger charge is -2.30. The van der Waals surface area contributed by atoms with Crippen molar-refractivity contribution in [2.45, 2.75) is 25.8 Å². The molecule has 0 bridgehead atoms. The first kappa shape index (κ1) is 13.1. The number of rotatable bonds is 3. The maximum absolute atomic E-state index is 11.8. The number of nitrogens with one attached hydrogen (secondary N) is 1. The van der Waals surface area contributed by atoms with Crippen molar-refractivity contribution < 1.29 is 4.79 Å². The van der Waals surface area contributed by atoms with Gasteiger partial charge in [0.2, 0.25) is 0 Å². The smallest absolute Gasteiger partial charge is 0.265 e. The van der Waals surface area contributed by atoms with E-state index in [9.17, 15) is 4.79 Å². The Kier molecular flexibility index (Phi) is 4.03.